The topological polar surface area (TPSA) is 56.9 Å². The maximum atomic E-state index is 12.3. The van der Waals surface area contributed by atoms with Gasteiger partial charge in [0.15, 0.2) is 0 Å². The minimum atomic E-state index is -0.357. The lowest BCUT2D eigenvalue weighted by Crippen LogP contribution is -2.36. The molecule has 0 fully saturated rings. The lowest BCUT2D eigenvalue weighted by molar-refractivity contribution is 0.381. The van der Waals surface area contributed by atoms with E-state index < -0.39 is 0 Å². The molecule has 0 aliphatic rings. The largest absolute Gasteiger partial charge is 0.305 e. The minimum absolute atomic E-state index is 0.192. The van der Waals surface area contributed by atoms with Crippen molar-refractivity contribution in [2.45, 2.75) is 26.3 Å². The minimum Gasteiger partial charge on any atom is -0.305 e. The molecule has 0 saturated carbocycles. The average molecular weight is 233 g/mol. The Hall–Kier alpha value is -1.91. The first-order valence-electron chi connectivity index (χ1n) is 5.40. The van der Waals surface area contributed by atoms with Crippen molar-refractivity contribution in [2.75, 3.05) is 0 Å². The van der Waals surface area contributed by atoms with Gasteiger partial charge in [0.25, 0.3) is 11.1 Å². The van der Waals surface area contributed by atoms with E-state index in [1.54, 1.807) is 13.1 Å². The van der Waals surface area contributed by atoms with Gasteiger partial charge < -0.3 is 4.57 Å². The molecule has 2 rings (SSSR count). The number of nitrogens with zero attached hydrogens (tertiary/aromatic N) is 3. The third-order valence-electron chi connectivity index (χ3n) is 2.75. The van der Waals surface area contributed by atoms with E-state index in [0.29, 0.717) is 11.0 Å². The lowest BCUT2D eigenvalue weighted by Gasteiger charge is -2.22. The Morgan fingerprint density at radius 2 is 1.82 bits per heavy atom. The number of hydrogen-bond acceptors (Lipinski definition) is 3. The number of pyridine rings is 1. The summed E-state index contributed by atoms with van der Waals surface area (Å²) >= 11 is 0. The third kappa shape index (κ3) is 1.77. The summed E-state index contributed by atoms with van der Waals surface area (Å²) in [7, 11) is 1.58. The van der Waals surface area contributed by atoms with Gasteiger partial charge in [0.05, 0.1) is 11.8 Å². The number of aryl methyl sites for hydroxylation is 1. The maximum absolute atomic E-state index is 12.3. The molecule has 0 aliphatic heterocycles. The van der Waals surface area contributed by atoms with E-state index in [4.69, 9.17) is 0 Å². The summed E-state index contributed by atoms with van der Waals surface area (Å²) in [5.41, 5.74) is 0.128. The van der Waals surface area contributed by atoms with Crippen molar-refractivity contribution in [1.29, 1.82) is 0 Å². The van der Waals surface area contributed by atoms with E-state index in [2.05, 4.69) is 4.98 Å². The molecule has 0 unspecified atom stereocenters. The second-order valence-corrected chi connectivity index (χ2v) is 5.05. The SMILES string of the molecule is Cn1c(=O)ccc2ncn(C(C)(C)C)c(=O)c21. The van der Waals surface area contributed by atoms with Crippen LogP contribution in [0.3, 0.4) is 0 Å². The van der Waals surface area contributed by atoms with Gasteiger partial charge in [0, 0.05) is 18.7 Å². The Balaban J connectivity index is 2.98. The average Bonchev–Trinajstić information content (AvgIpc) is 2.22. The van der Waals surface area contributed by atoms with Gasteiger partial charge in [-0.05, 0) is 26.8 Å². The molecular weight excluding hydrogens is 218 g/mol. The zero-order valence-corrected chi connectivity index (χ0v) is 10.4. The highest BCUT2D eigenvalue weighted by Gasteiger charge is 2.17. The smallest absolute Gasteiger partial charge is 0.278 e. The van der Waals surface area contributed by atoms with Gasteiger partial charge in [-0.3, -0.25) is 14.2 Å². The van der Waals surface area contributed by atoms with E-state index in [-0.39, 0.29) is 16.7 Å². The van der Waals surface area contributed by atoms with E-state index in [9.17, 15) is 9.59 Å². The summed E-state index contributed by atoms with van der Waals surface area (Å²) < 4.78 is 2.88. The summed E-state index contributed by atoms with van der Waals surface area (Å²) in [6, 6.07) is 2.99. The molecule has 0 N–H and O–H groups in total. The molecule has 0 radical (unpaired) electrons. The molecule has 0 aromatic carbocycles. The fourth-order valence-corrected chi connectivity index (χ4v) is 1.74. The van der Waals surface area contributed by atoms with Crippen molar-refractivity contribution in [3.8, 4) is 0 Å². The number of aromatic nitrogens is 3. The Morgan fingerprint density at radius 1 is 1.18 bits per heavy atom. The quantitative estimate of drug-likeness (QED) is 0.678. The van der Waals surface area contributed by atoms with Crippen LogP contribution >= 0.6 is 0 Å². The van der Waals surface area contributed by atoms with Gasteiger partial charge in [-0.2, -0.15) is 0 Å². The van der Waals surface area contributed by atoms with E-state index >= 15 is 0 Å². The maximum Gasteiger partial charge on any atom is 0.278 e. The highest BCUT2D eigenvalue weighted by molar-refractivity contribution is 5.72. The van der Waals surface area contributed by atoms with Crippen LogP contribution in [0.15, 0.2) is 28.0 Å². The number of hydrogen-bond donors (Lipinski definition) is 0. The predicted octanol–water partition coefficient (Wildman–Crippen LogP) is 0.850. The van der Waals surface area contributed by atoms with Gasteiger partial charge in [0.2, 0.25) is 0 Å². The highest BCUT2D eigenvalue weighted by atomic mass is 16.1. The molecule has 0 bridgehead atoms. The normalized spacial score (nSPS) is 12.0. The van der Waals surface area contributed by atoms with Crippen molar-refractivity contribution in [3.63, 3.8) is 0 Å². The molecule has 0 atom stereocenters. The lowest BCUT2D eigenvalue weighted by atomic mass is 10.1. The van der Waals surface area contributed by atoms with Gasteiger partial charge in [-0.1, -0.05) is 0 Å². The van der Waals surface area contributed by atoms with Gasteiger partial charge in [-0.25, -0.2) is 4.98 Å². The fraction of sp³-hybridized carbons (Fsp3) is 0.417. The summed E-state index contributed by atoms with van der Waals surface area (Å²) in [5, 5.41) is 0. The first kappa shape index (κ1) is 11.6. The summed E-state index contributed by atoms with van der Waals surface area (Å²) in [6.07, 6.45) is 1.52. The number of rotatable bonds is 0. The Kier molecular flexibility index (Phi) is 2.41. The van der Waals surface area contributed by atoms with E-state index in [1.807, 2.05) is 20.8 Å². The molecule has 0 aliphatic carbocycles. The molecule has 0 saturated heterocycles. The van der Waals surface area contributed by atoms with Crippen LogP contribution in [0.1, 0.15) is 20.8 Å². The van der Waals surface area contributed by atoms with Gasteiger partial charge >= 0.3 is 0 Å². The molecule has 17 heavy (non-hydrogen) atoms. The van der Waals surface area contributed by atoms with Crippen molar-refractivity contribution in [1.82, 2.24) is 14.1 Å². The van der Waals surface area contributed by atoms with Gasteiger partial charge in [-0.15, -0.1) is 0 Å². The van der Waals surface area contributed by atoms with Crippen LogP contribution in [-0.4, -0.2) is 14.1 Å². The summed E-state index contributed by atoms with van der Waals surface area (Å²) in [5.74, 6) is 0. The third-order valence-corrected chi connectivity index (χ3v) is 2.75. The van der Waals surface area contributed by atoms with Crippen molar-refractivity contribution < 1.29 is 0 Å². The second kappa shape index (κ2) is 3.55. The van der Waals surface area contributed by atoms with Crippen LogP contribution in [0.25, 0.3) is 11.0 Å². The van der Waals surface area contributed by atoms with Gasteiger partial charge in [0.1, 0.15) is 5.52 Å². The molecule has 5 nitrogen and oxygen atoms in total. The second-order valence-electron chi connectivity index (χ2n) is 5.05. The Morgan fingerprint density at radius 3 is 2.41 bits per heavy atom. The predicted molar refractivity (Wildman–Crippen MR) is 66.2 cm³/mol. The molecule has 90 valence electrons. The van der Waals surface area contributed by atoms with Crippen molar-refractivity contribution in [3.05, 3.63) is 39.2 Å². The van der Waals surface area contributed by atoms with Crippen molar-refractivity contribution in [2.24, 2.45) is 7.05 Å². The molecule has 0 spiro atoms. The zero-order chi connectivity index (χ0) is 12.8. The summed E-state index contributed by atoms with van der Waals surface area (Å²) in [4.78, 5) is 28.1. The molecule has 2 aromatic heterocycles. The van der Waals surface area contributed by atoms with Crippen molar-refractivity contribution >= 4 is 11.0 Å². The molecule has 0 amide bonds. The monoisotopic (exact) mass is 233 g/mol. The molecule has 2 aromatic rings. The molecule has 5 heteroatoms. The molecular formula is C12H15N3O2. The van der Waals surface area contributed by atoms with Crippen LogP contribution in [-0.2, 0) is 12.6 Å². The fourth-order valence-electron chi connectivity index (χ4n) is 1.74. The number of fused-ring (bicyclic) bond motifs is 1. The molecule has 2 heterocycles. The standard InChI is InChI=1S/C12H15N3O2/c1-12(2,3)15-7-13-8-5-6-9(16)14(4)10(8)11(15)17/h5-7H,1-4H3. The van der Waals surface area contributed by atoms with Crippen LogP contribution in [0.4, 0.5) is 0 Å². The zero-order valence-electron chi connectivity index (χ0n) is 10.4. The van der Waals surface area contributed by atoms with E-state index in [0.717, 1.165) is 0 Å². The van der Waals surface area contributed by atoms with Crippen LogP contribution < -0.4 is 11.1 Å². The van der Waals surface area contributed by atoms with Crippen LogP contribution in [0.2, 0.25) is 0 Å². The van der Waals surface area contributed by atoms with Crippen LogP contribution in [0, 0.1) is 0 Å². The summed E-state index contributed by atoms with van der Waals surface area (Å²) in [6.45, 7) is 5.76. The van der Waals surface area contributed by atoms with Crippen LogP contribution in [0.5, 0.6) is 0 Å². The Labute approximate surface area is 98.3 Å². The first-order valence-corrected chi connectivity index (χ1v) is 5.40. The van der Waals surface area contributed by atoms with E-state index in [1.165, 1.54) is 21.5 Å². The highest BCUT2D eigenvalue weighted by Crippen LogP contribution is 2.11. The Bertz CT molecular complexity index is 689. The first-order chi connectivity index (χ1) is 7.82.